The van der Waals surface area contributed by atoms with Gasteiger partial charge in [-0.1, -0.05) is 12.1 Å². The number of thiazole rings is 1. The molecule has 21 heavy (non-hydrogen) atoms. The Balaban J connectivity index is 2.12. The van der Waals surface area contributed by atoms with Gasteiger partial charge in [0.05, 0.1) is 19.3 Å². The molecule has 1 heterocycles. The molecule has 112 valence electrons. The van der Waals surface area contributed by atoms with Gasteiger partial charge >= 0.3 is 5.97 Å². The van der Waals surface area contributed by atoms with Gasteiger partial charge in [0, 0.05) is 5.38 Å². The number of hydrogen-bond donors (Lipinski definition) is 1. The van der Waals surface area contributed by atoms with E-state index >= 15 is 0 Å². The SMILES string of the molecule is CCOC(=O)c1csc(C(N)c2ccc(OCC)cc2)n1. The zero-order chi connectivity index (χ0) is 15.2. The van der Waals surface area contributed by atoms with Gasteiger partial charge in [-0.25, -0.2) is 9.78 Å². The molecule has 0 amide bonds. The van der Waals surface area contributed by atoms with Crippen LogP contribution in [0, 0.1) is 0 Å². The third kappa shape index (κ3) is 3.80. The average Bonchev–Trinajstić information content (AvgIpc) is 2.98. The zero-order valence-corrected chi connectivity index (χ0v) is 12.9. The monoisotopic (exact) mass is 306 g/mol. The smallest absolute Gasteiger partial charge is 0.357 e. The van der Waals surface area contributed by atoms with Gasteiger partial charge in [-0.15, -0.1) is 11.3 Å². The van der Waals surface area contributed by atoms with Gasteiger partial charge in [0.15, 0.2) is 5.69 Å². The molecule has 0 saturated heterocycles. The van der Waals surface area contributed by atoms with Crippen LogP contribution in [0.1, 0.15) is 40.9 Å². The summed E-state index contributed by atoms with van der Waals surface area (Å²) in [5.41, 5.74) is 7.41. The molecule has 0 radical (unpaired) electrons. The lowest BCUT2D eigenvalue weighted by Gasteiger charge is -2.10. The van der Waals surface area contributed by atoms with Crippen LogP contribution in [0.25, 0.3) is 0 Å². The van der Waals surface area contributed by atoms with E-state index in [0.717, 1.165) is 11.3 Å². The maximum atomic E-state index is 11.6. The van der Waals surface area contributed by atoms with Gasteiger partial charge in [0.1, 0.15) is 10.8 Å². The zero-order valence-electron chi connectivity index (χ0n) is 12.0. The van der Waals surface area contributed by atoms with Crippen molar-refractivity contribution in [1.82, 2.24) is 4.98 Å². The van der Waals surface area contributed by atoms with Gasteiger partial charge in [-0.2, -0.15) is 0 Å². The number of carbonyl (C=O) groups is 1. The molecule has 2 N–H and O–H groups in total. The van der Waals surface area contributed by atoms with Crippen LogP contribution in [0.5, 0.6) is 5.75 Å². The van der Waals surface area contributed by atoms with Gasteiger partial charge in [0.25, 0.3) is 0 Å². The molecule has 0 aliphatic carbocycles. The van der Waals surface area contributed by atoms with Crippen molar-refractivity contribution in [3.05, 3.63) is 45.9 Å². The number of ether oxygens (including phenoxy) is 2. The first-order chi connectivity index (χ1) is 10.2. The lowest BCUT2D eigenvalue weighted by molar-refractivity contribution is 0.0520. The van der Waals surface area contributed by atoms with Crippen molar-refractivity contribution in [2.45, 2.75) is 19.9 Å². The minimum absolute atomic E-state index is 0.304. The van der Waals surface area contributed by atoms with Crippen molar-refractivity contribution in [1.29, 1.82) is 0 Å². The maximum absolute atomic E-state index is 11.6. The third-order valence-electron chi connectivity index (χ3n) is 2.82. The van der Waals surface area contributed by atoms with E-state index in [0.29, 0.717) is 23.9 Å². The van der Waals surface area contributed by atoms with E-state index in [2.05, 4.69) is 4.98 Å². The number of nitrogens with zero attached hydrogens (tertiary/aromatic N) is 1. The summed E-state index contributed by atoms with van der Waals surface area (Å²) in [6.07, 6.45) is 0. The number of nitrogens with two attached hydrogens (primary N) is 1. The molecule has 0 saturated carbocycles. The standard InChI is InChI=1S/C15H18N2O3S/c1-3-19-11-7-5-10(6-8-11)13(16)14-17-12(9-21-14)15(18)20-4-2/h5-9,13H,3-4,16H2,1-2H3. The largest absolute Gasteiger partial charge is 0.494 e. The molecule has 0 spiro atoms. The van der Waals surface area contributed by atoms with Crippen LogP contribution in [-0.2, 0) is 4.74 Å². The molecule has 0 bridgehead atoms. The predicted octanol–water partition coefficient (Wildman–Crippen LogP) is 2.77. The molecule has 1 atom stereocenters. The summed E-state index contributed by atoms with van der Waals surface area (Å²) in [5, 5.41) is 2.35. The second kappa shape index (κ2) is 7.19. The fourth-order valence-corrected chi connectivity index (χ4v) is 2.62. The number of esters is 1. The van der Waals surface area contributed by atoms with Gasteiger partial charge in [-0.3, -0.25) is 0 Å². The molecule has 1 aromatic carbocycles. The third-order valence-corrected chi connectivity index (χ3v) is 3.75. The van der Waals surface area contributed by atoms with E-state index in [9.17, 15) is 4.79 Å². The van der Waals surface area contributed by atoms with Crippen LogP contribution >= 0.6 is 11.3 Å². The van der Waals surface area contributed by atoms with Crippen LogP contribution in [0.2, 0.25) is 0 Å². The van der Waals surface area contributed by atoms with Crippen LogP contribution in [0.15, 0.2) is 29.6 Å². The fourth-order valence-electron chi connectivity index (χ4n) is 1.81. The van der Waals surface area contributed by atoms with Crippen molar-refractivity contribution in [3.63, 3.8) is 0 Å². The van der Waals surface area contributed by atoms with Crippen molar-refractivity contribution < 1.29 is 14.3 Å². The number of benzene rings is 1. The molecule has 0 aliphatic heterocycles. The van der Waals surface area contributed by atoms with Crippen LogP contribution < -0.4 is 10.5 Å². The Labute approximate surface area is 127 Å². The summed E-state index contributed by atoms with van der Waals surface area (Å²) in [5.74, 6) is 0.388. The molecule has 0 aliphatic rings. The highest BCUT2D eigenvalue weighted by atomic mass is 32.1. The number of hydrogen-bond acceptors (Lipinski definition) is 6. The molecule has 1 unspecified atom stereocenters. The lowest BCUT2D eigenvalue weighted by atomic mass is 10.1. The second-order valence-corrected chi connectivity index (χ2v) is 5.16. The van der Waals surface area contributed by atoms with Crippen LogP contribution in [0.4, 0.5) is 0 Å². The van der Waals surface area contributed by atoms with E-state index < -0.39 is 5.97 Å². The summed E-state index contributed by atoms with van der Waals surface area (Å²) in [7, 11) is 0. The molecule has 5 nitrogen and oxygen atoms in total. The highest BCUT2D eigenvalue weighted by Gasteiger charge is 2.17. The van der Waals surface area contributed by atoms with Crippen LogP contribution in [0.3, 0.4) is 0 Å². The summed E-state index contributed by atoms with van der Waals surface area (Å²) < 4.78 is 10.3. The summed E-state index contributed by atoms with van der Waals surface area (Å²) in [6.45, 7) is 4.65. The van der Waals surface area contributed by atoms with Crippen LogP contribution in [-0.4, -0.2) is 24.2 Å². The summed E-state index contributed by atoms with van der Waals surface area (Å²) >= 11 is 1.35. The van der Waals surface area contributed by atoms with E-state index in [1.165, 1.54) is 11.3 Å². The number of rotatable bonds is 6. The first kappa shape index (κ1) is 15.5. The van der Waals surface area contributed by atoms with Gasteiger partial charge < -0.3 is 15.2 Å². The summed E-state index contributed by atoms with van der Waals surface area (Å²) in [4.78, 5) is 15.8. The first-order valence-electron chi connectivity index (χ1n) is 6.76. The highest BCUT2D eigenvalue weighted by molar-refractivity contribution is 7.10. The Morgan fingerprint density at radius 1 is 1.29 bits per heavy atom. The fraction of sp³-hybridized carbons (Fsp3) is 0.333. The van der Waals surface area contributed by atoms with Gasteiger partial charge in [0.2, 0.25) is 0 Å². The Morgan fingerprint density at radius 2 is 2.00 bits per heavy atom. The Morgan fingerprint density at radius 3 is 2.62 bits per heavy atom. The number of carbonyl (C=O) groups excluding carboxylic acids is 1. The molecular formula is C15H18N2O3S. The lowest BCUT2D eigenvalue weighted by Crippen LogP contribution is -2.12. The second-order valence-electron chi connectivity index (χ2n) is 4.27. The Hall–Kier alpha value is -1.92. The average molecular weight is 306 g/mol. The van der Waals surface area contributed by atoms with E-state index in [4.69, 9.17) is 15.2 Å². The van der Waals surface area contributed by atoms with Crippen molar-refractivity contribution in [2.24, 2.45) is 5.73 Å². The number of aromatic nitrogens is 1. The first-order valence-corrected chi connectivity index (χ1v) is 7.64. The summed E-state index contributed by atoms with van der Waals surface area (Å²) in [6, 6.07) is 7.19. The molecule has 6 heteroatoms. The molecule has 1 aromatic heterocycles. The topological polar surface area (TPSA) is 74.4 Å². The quantitative estimate of drug-likeness (QED) is 0.831. The molecule has 2 aromatic rings. The van der Waals surface area contributed by atoms with Crippen molar-refractivity contribution in [2.75, 3.05) is 13.2 Å². The Kier molecular flexibility index (Phi) is 5.30. The highest BCUT2D eigenvalue weighted by Crippen LogP contribution is 2.25. The minimum Gasteiger partial charge on any atom is -0.494 e. The predicted molar refractivity (Wildman–Crippen MR) is 81.7 cm³/mol. The molecule has 2 rings (SSSR count). The maximum Gasteiger partial charge on any atom is 0.357 e. The van der Waals surface area contributed by atoms with E-state index in [-0.39, 0.29) is 6.04 Å². The van der Waals surface area contributed by atoms with E-state index in [1.54, 1.807) is 12.3 Å². The Bertz CT molecular complexity index is 595. The van der Waals surface area contributed by atoms with Crippen molar-refractivity contribution >= 4 is 17.3 Å². The van der Waals surface area contributed by atoms with Gasteiger partial charge in [-0.05, 0) is 31.5 Å². The van der Waals surface area contributed by atoms with Crippen molar-refractivity contribution in [3.8, 4) is 5.75 Å². The minimum atomic E-state index is -0.418. The normalized spacial score (nSPS) is 12.0. The van der Waals surface area contributed by atoms with E-state index in [1.807, 2.05) is 31.2 Å². The molecule has 0 fully saturated rings. The molecular weight excluding hydrogens is 288 g/mol.